The number of rotatable bonds is 4. The summed E-state index contributed by atoms with van der Waals surface area (Å²) in [6, 6.07) is 71.0. The maximum Gasteiger partial charge on any atom is 0.227 e. The molecule has 0 fully saturated rings. The lowest BCUT2D eigenvalue weighted by atomic mass is 10.0. The van der Waals surface area contributed by atoms with Crippen LogP contribution in [0, 0.1) is 0 Å². The molecule has 0 N–H and O–H groups in total. The minimum absolute atomic E-state index is 0.586. The molecule has 3 aromatic heterocycles. The highest BCUT2D eigenvalue weighted by Gasteiger charge is 2.21. The van der Waals surface area contributed by atoms with Gasteiger partial charge in [0.15, 0.2) is 11.2 Å². The first-order valence-electron chi connectivity index (χ1n) is 21.3. The molecule has 0 bridgehead atoms. The van der Waals surface area contributed by atoms with Crippen LogP contribution in [0.3, 0.4) is 0 Å². The van der Waals surface area contributed by atoms with Crippen LogP contribution in [-0.4, -0.2) is 14.5 Å². The van der Waals surface area contributed by atoms with Crippen LogP contribution in [0.1, 0.15) is 0 Å². The lowest BCUT2D eigenvalue weighted by Crippen LogP contribution is -1.94. The summed E-state index contributed by atoms with van der Waals surface area (Å²) >= 11 is 0. The standard InChI is InChI=1S/C58H33N3O2/c1-2-12-36-31-37(22-21-34(36)11-1)35-23-27-40(28-24-35)61-51-29-25-38(57-59-53-45-17-7-3-13-41(45)43-15-5-9-19-47(43)55(53)62-57)32-49(51)50-33-39(26-30-52(50)61)58-60-54-46-18-8-4-14-42(46)44-16-6-10-20-48(44)56(54)63-58/h1-33H. The predicted molar refractivity (Wildman–Crippen MR) is 260 cm³/mol. The van der Waals surface area contributed by atoms with Crippen LogP contribution in [0.4, 0.5) is 0 Å². The number of aromatic nitrogens is 3. The molecule has 5 nitrogen and oxygen atoms in total. The quantitative estimate of drug-likeness (QED) is 0.166. The normalized spacial score (nSPS) is 12.1. The van der Waals surface area contributed by atoms with E-state index in [9.17, 15) is 0 Å². The van der Waals surface area contributed by atoms with Gasteiger partial charge in [-0.15, -0.1) is 0 Å². The van der Waals surface area contributed by atoms with Crippen molar-refractivity contribution in [2.75, 3.05) is 0 Å². The number of hydrogen-bond acceptors (Lipinski definition) is 4. The molecule has 0 spiro atoms. The highest BCUT2D eigenvalue weighted by Crippen LogP contribution is 2.42. The van der Waals surface area contributed by atoms with Gasteiger partial charge in [-0.25, -0.2) is 9.97 Å². The number of fused-ring (bicyclic) bond motifs is 16. The second-order valence-electron chi connectivity index (χ2n) is 16.5. The molecule has 5 heteroatoms. The van der Waals surface area contributed by atoms with Crippen molar-refractivity contribution in [1.29, 1.82) is 0 Å². The van der Waals surface area contributed by atoms with E-state index in [1.165, 1.54) is 32.7 Å². The monoisotopic (exact) mass is 803 g/mol. The van der Waals surface area contributed by atoms with E-state index in [0.29, 0.717) is 11.8 Å². The third-order valence-corrected chi connectivity index (χ3v) is 13.0. The Hall–Kier alpha value is -8.54. The zero-order chi connectivity index (χ0) is 41.2. The van der Waals surface area contributed by atoms with Crippen molar-refractivity contribution in [3.63, 3.8) is 0 Å². The van der Waals surface area contributed by atoms with Gasteiger partial charge in [-0.3, -0.25) is 0 Å². The van der Waals surface area contributed by atoms with E-state index in [4.69, 9.17) is 18.8 Å². The topological polar surface area (TPSA) is 57.0 Å². The maximum atomic E-state index is 6.76. The van der Waals surface area contributed by atoms with Crippen molar-refractivity contribution >= 4 is 97.9 Å². The van der Waals surface area contributed by atoms with Gasteiger partial charge in [0, 0.05) is 49.1 Å². The molecular formula is C58H33N3O2. The van der Waals surface area contributed by atoms with Gasteiger partial charge in [-0.2, -0.15) is 0 Å². The van der Waals surface area contributed by atoms with Gasteiger partial charge in [0.25, 0.3) is 0 Å². The Balaban J connectivity index is 0.978. The Kier molecular flexibility index (Phi) is 7.05. The molecular weight excluding hydrogens is 771 g/mol. The number of oxazole rings is 2. The van der Waals surface area contributed by atoms with Crippen molar-refractivity contribution in [3.05, 3.63) is 200 Å². The summed E-state index contributed by atoms with van der Waals surface area (Å²) in [5, 5.41) is 13.5. The molecule has 14 rings (SSSR count). The van der Waals surface area contributed by atoms with E-state index in [-0.39, 0.29) is 0 Å². The number of hydrogen-bond donors (Lipinski definition) is 0. The van der Waals surface area contributed by atoms with Crippen molar-refractivity contribution in [2.24, 2.45) is 0 Å². The fraction of sp³-hybridized carbons (Fsp3) is 0. The van der Waals surface area contributed by atoms with E-state index in [1.807, 2.05) is 0 Å². The van der Waals surface area contributed by atoms with Crippen LogP contribution < -0.4 is 0 Å². The number of nitrogens with zero attached hydrogens (tertiary/aromatic N) is 3. The van der Waals surface area contributed by atoms with Crippen molar-refractivity contribution in [2.45, 2.75) is 0 Å². The lowest BCUT2D eigenvalue weighted by molar-refractivity contribution is 0.622. The Labute approximate surface area is 359 Å². The maximum absolute atomic E-state index is 6.76. The molecule has 63 heavy (non-hydrogen) atoms. The van der Waals surface area contributed by atoms with E-state index >= 15 is 0 Å². The Morgan fingerprint density at radius 1 is 0.302 bits per heavy atom. The fourth-order valence-electron chi connectivity index (χ4n) is 10.0. The van der Waals surface area contributed by atoms with E-state index in [1.54, 1.807) is 0 Å². The zero-order valence-electron chi connectivity index (χ0n) is 33.7. The van der Waals surface area contributed by atoms with Gasteiger partial charge >= 0.3 is 0 Å². The number of benzene rings is 11. The second kappa shape index (κ2) is 13.0. The third kappa shape index (κ3) is 5.05. The van der Waals surface area contributed by atoms with Crippen LogP contribution in [0.25, 0.3) is 138 Å². The van der Waals surface area contributed by atoms with Crippen LogP contribution in [0.2, 0.25) is 0 Å². The fourth-order valence-corrected chi connectivity index (χ4v) is 10.0. The molecule has 0 aliphatic heterocycles. The van der Waals surface area contributed by atoms with Crippen molar-refractivity contribution in [3.8, 4) is 39.7 Å². The van der Waals surface area contributed by atoms with Crippen LogP contribution in [0.15, 0.2) is 209 Å². The minimum atomic E-state index is 0.586. The van der Waals surface area contributed by atoms with Crippen molar-refractivity contribution < 1.29 is 8.83 Å². The Morgan fingerprint density at radius 3 is 1.24 bits per heavy atom. The molecule has 0 amide bonds. The summed E-state index contributed by atoms with van der Waals surface area (Å²) in [6.07, 6.45) is 0. The molecule has 0 unspecified atom stereocenters. The van der Waals surface area contributed by atoms with Gasteiger partial charge in [-0.05, 0) is 98.0 Å². The highest BCUT2D eigenvalue weighted by atomic mass is 16.4. The lowest BCUT2D eigenvalue weighted by Gasteiger charge is -2.10. The van der Waals surface area contributed by atoms with Crippen LogP contribution in [0.5, 0.6) is 0 Å². The van der Waals surface area contributed by atoms with Crippen LogP contribution in [-0.2, 0) is 0 Å². The molecule has 0 aliphatic carbocycles. The Morgan fingerprint density at radius 2 is 0.714 bits per heavy atom. The molecule has 292 valence electrons. The summed E-state index contributed by atoms with van der Waals surface area (Å²) in [5.41, 5.74) is 10.7. The van der Waals surface area contributed by atoms with E-state index < -0.39 is 0 Å². The first kappa shape index (κ1) is 34.2. The predicted octanol–water partition coefficient (Wildman–Crippen LogP) is 15.8. The Bertz CT molecular complexity index is 3850. The molecule has 3 heterocycles. The van der Waals surface area contributed by atoms with Gasteiger partial charge < -0.3 is 13.4 Å². The summed E-state index contributed by atoms with van der Waals surface area (Å²) in [5.74, 6) is 1.17. The molecule has 14 aromatic rings. The van der Waals surface area contributed by atoms with Gasteiger partial charge in [0.1, 0.15) is 11.0 Å². The molecule has 11 aromatic carbocycles. The minimum Gasteiger partial charge on any atom is -0.435 e. The summed E-state index contributed by atoms with van der Waals surface area (Å²) in [7, 11) is 0. The average molecular weight is 804 g/mol. The average Bonchev–Trinajstić information content (AvgIpc) is 4.09. The van der Waals surface area contributed by atoms with E-state index in [0.717, 1.165) is 93.1 Å². The third-order valence-electron chi connectivity index (χ3n) is 13.0. The molecule has 0 atom stereocenters. The second-order valence-corrected chi connectivity index (χ2v) is 16.5. The summed E-state index contributed by atoms with van der Waals surface area (Å²) < 4.78 is 15.9. The smallest absolute Gasteiger partial charge is 0.227 e. The van der Waals surface area contributed by atoms with Gasteiger partial charge in [0.2, 0.25) is 11.8 Å². The summed E-state index contributed by atoms with van der Waals surface area (Å²) in [4.78, 5) is 10.4. The van der Waals surface area contributed by atoms with Crippen LogP contribution >= 0.6 is 0 Å². The largest absolute Gasteiger partial charge is 0.435 e. The van der Waals surface area contributed by atoms with E-state index in [2.05, 4.69) is 205 Å². The first-order chi connectivity index (χ1) is 31.2. The molecule has 0 saturated heterocycles. The highest BCUT2D eigenvalue weighted by molar-refractivity contribution is 6.24. The zero-order valence-corrected chi connectivity index (χ0v) is 33.7. The SMILES string of the molecule is c1ccc2cc(-c3ccc(-n4c5ccc(-c6nc7c8ccccc8c8ccccc8c7o6)cc5c5cc(-c6nc7c8ccccc8c8ccccc8c7o6)ccc54)cc3)ccc2c1. The molecule has 0 saturated carbocycles. The van der Waals surface area contributed by atoms with Gasteiger partial charge in [0.05, 0.1) is 11.0 Å². The molecule has 0 aliphatic rings. The molecule has 0 radical (unpaired) electrons. The first-order valence-corrected chi connectivity index (χ1v) is 21.3. The van der Waals surface area contributed by atoms with Crippen molar-refractivity contribution in [1.82, 2.24) is 14.5 Å². The van der Waals surface area contributed by atoms with Gasteiger partial charge in [-0.1, -0.05) is 146 Å². The summed E-state index contributed by atoms with van der Waals surface area (Å²) in [6.45, 7) is 0.